The van der Waals surface area contributed by atoms with Gasteiger partial charge in [-0.3, -0.25) is 10.1 Å². The number of carbonyl (C=O) groups is 1. The number of hydrogen-bond acceptors (Lipinski definition) is 4. The Morgan fingerprint density at radius 3 is 2.30 bits per heavy atom. The summed E-state index contributed by atoms with van der Waals surface area (Å²) >= 11 is 0. The molecule has 0 aromatic heterocycles. The van der Waals surface area contributed by atoms with Gasteiger partial charge < -0.3 is 10.1 Å². The van der Waals surface area contributed by atoms with Crippen LogP contribution in [0.4, 0.5) is 13.2 Å². The maximum absolute atomic E-state index is 13.9. The zero-order valence-corrected chi connectivity index (χ0v) is 16.4. The molecular weight excluding hydrogens is 395 g/mol. The molecule has 0 unspecified atom stereocenters. The van der Waals surface area contributed by atoms with Crippen LogP contribution < -0.4 is 15.4 Å². The van der Waals surface area contributed by atoms with Gasteiger partial charge in [0.25, 0.3) is 0 Å². The van der Waals surface area contributed by atoms with E-state index in [1.165, 1.54) is 31.4 Å². The summed E-state index contributed by atoms with van der Waals surface area (Å²) in [6.07, 6.45) is -3.59. The third-order valence-corrected chi connectivity index (χ3v) is 5.07. The fourth-order valence-electron chi connectivity index (χ4n) is 3.17. The molecule has 0 saturated heterocycles. The standard InChI is InChI=1S/C22H22F3N3O2/c1-30-17-9-7-16(8-10-17)19(22(23,24)25)27-18(13-15-5-3-2-4-6-15)20(29)28-21(14-26)11-12-21/h2-10,18-19,27H,11-13H2,1H3,(H,28,29)/t18-,19+/m0/s1. The van der Waals surface area contributed by atoms with E-state index in [4.69, 9.17) is 4.74 Å². The molecule has 2 aromatic carbocycles. The van der Waals surface area contributed by atoms with Crippen molar-refractivity contribution in [1.82, 2.24) is 10.6 Å². The first-order valence-corrected chi connectivity index (χ1v) is 9.50. The van der Waals surface area contributed by atoms with Crippen LogP contribution in [-0.2, 0) is 11.2 Å². The normalized spacial score (nSPS) is 16.8. The summed E-state index contributed by atoms with van der Waals surface area (Å²) in [6.45, 7) is 0. The minimum Gasteiger partial charge on any atom is -0.497 e. The molecule has 0 aliphatic heterocycles. The van der Waals surface area contributed by atoms with E-state index in [2.05, 4.69) is 10.6 Å². The van der Waals surface area contributed by atoms with E-state index >= 15 is 0 Å². The summed E-state index contributed by atoms with van der Waals surface area (Å²) in [7, 11) is 1.43. The molecule has 1 amide bonds. The lowest BCUT2D eigenvalue weighted by molar-refractivity contribution is -0.161. The number of amides is 1. The number of hydrogen-bond donors (Lipinski definition) is 2. The topological polar surface area (TPSA) is 74.2 Å². The highest BCUT2D eigenvalue weighted by atomic mass is 19.4. The molecule has 0 bridgehead atoms. The van der Waals surface area contributed by atoms with Gasteiger partial charge in [-0.1, -0.05) is 42.5 Å². The van der Waals surface area contributed by atoms with Crippen LogP contribution in [-0.4, -0.2) is 30.8 Å². The Hall–Kier alpha value is -3.05. The van der Waals surface area contributed by atoms with E-state index in [0.717, 1.165) is 0 Å². The second-order valence-corrected chi connectivity index (χ2v) is 7.34. The van der Waals surface area contributed by atoms with Gasteiger partial charge in [-0.2, -0.15) is 18.4 Å². The highest BCUT2D eigenvalue weighted by Crippen LogP contribution is 2.36. The minimum absolute atomic E-state index is 0.0319. The number of nitrogens with zero attached hydrogens (tertiary/aromatic N) is 1. The van der Waals surface area contributed by atoms with Gasteiger partial charge in [0.15, 0.2) is 0 Å². The molecule has 1 aliphatic rings. The van der Waals surface area contributed by atoms with Crippen LogP contribution in [0, 0.1) is 11.3 Å². The second kappa shape index (κ2) is 8.76. The summed E-state index contributed by atoms with van der Waals surface area (Å²) in [5.41, 5.74) is -0.292. The van der Waals surface area contributed by atoms with Gasteiger partial charge in [-0.25, -0.2) is 0 Å². The Labute approximate surface area is 172 Å². The fraction of sp³-hybridized carbons (Fsp3) is 0.364. The molecule has 0 radical (unpaired) electrons. The maximum Gasteiger partial charge on any atom is 0.407 e. The first-order valence-electron chi connectivity index (χ1n) is 9.50. The highest BCUT2D eigenvalue weighted by Gasteiger charge is 2.47. The van der Waals surface area contributed by atoms with Crippen molar-refractivity contribution in [1.29, 1.82) is 5.26 Å². The van der Waals surface area contributed by atoms with Crippen molar-refractivity contribution in [3.8, 4) is 11.8 Å². The Kier molecular flexibility index (Phi) is 6.32. The first kappa shape index (κ1) is 21.7. The maximum atomic E-state index is 13.9. The van der Waals surface area contributed by atoms with Gasteiger partial charge >= 0.3 is 6.18 Å². The molecule has 3 rings (SSSR count). The molecule has 0 heterocycles. The van der Waals surface area contributed by atoms with Gasteiger partial charge in [0.1, 0.15) is 17.3 Å². The van der Waals surface area contributed by atoms with Crippen LogP contribution in [0.3, 0.4) is 0 Å². The van der Waals surface area contributed by atoms with Crippen molar-refractivity contribution in [2.45, 2.75) is 43.1 Å². The van der Waals surface area contributed by atoms with Crippen molar-refractivity contribution in [2.75, 3.05) is 7.11 Å². The van der Waals surface area contributed by atoms with Crippen molar-refractivity contribution >= 4 is 5.91 Å². The van der Waals surface area contributed by atoms with E-state index in [1.54, 1.807) is 30.3 Å². The summed E-state index contributed by atoms with van der Waals surface area (Å²) in [4.78, 5) is 12.8. The van der Waals surface area contributed by atoms with Gasteiger partial charge in [0.2, 0.25) is 5.91 Å². The average molecular weight is 417 g/mol. The monoisotopic (exact) mass is 417 g/mol. The lowest BCUT2D eigenvalue weighted by Gasteiger charge is -2.28. The fourth-order valence-corrected chi connectivity index (χ4v) is 3.17. The largest absolute Gasteiger partial charge is 0.497 e. The van der Waals surface area contributed by atoms with Crippen molar-refractivity contribution in [3.05, 3.63) is 65.7 Å². The molecule has 30 heavy (non-hydrogen) atoms. The Bertz CT molecular complexity index is 904. The van der Waals surface area contributed by atoms with E-state index in [1.807, 2.05) is 6.07 Å². The number of carbonyl (C=O) groups excluding carboxylic acids is 1. The Morgan fingerprint density at radius 1 is 1.17 bits per heavy atom. The zero-order chi connectivity index (χ0) is 21.8. The van der Waals surface area contributed by atoms with E-state index < -0.39 is 29.7 Å². The van der Waals surface area contributed by atoms with Gasteiger partial charge in [0.05, 0.1) is 19.2 Å². The van der Waals surface area contributed by atoms with Crippen molar-refractivity contribution in [3.63, 3.8) is 0 Å². The van der Waals surface area contributed by atoms with E-state index in [0.29, 0.717) is 24.2 Å². The van der Waals surface area contributed by atoms with Crippen LogP contribution in [0.1, 0.15) is 30.0 Å². The highest BCUT2D eigenvalue weighted by molar-refractivity contribution is 5.83. The quantitative estimate of drug-likeness (QED) is 0.687. The first-order chi connectivity index (χ1) is 14.3. The molecule has 158 valence electrons. The molecule has 2 aromatic rings. The van der Waals surface area contributed by atoms with Gasteiger partial charge in [-0.15, -0.1) is 0 Å². The number of methoxy groups -OCH3 is 1. The average Bonchev–Trinajstić information content (AvgIpc) is 3.51. The van der Waals surface area contributed by atoms with Crippen molar-refractivity contribution in [2.24, 2.45) is 0 Å². The van der Waals surface area contributed by atoms with Gasteiger partial charge in [0, 0.05) is 0 Å². The van der Waals surface area contributed by atoms with E-state index in [-0.39, 0.29) is 12.0 Å². The number of rotatable bonds is 8. The molecule has 1 fully saturated rings. The molecule has 1 saturated carbocycles. The predicted molar refractivity (Wildman–Crippen MR) is 105 cm³/mol. The number of halogens is 3. The summed E-state index contributed by atoms with van der Waals surface area (Å²) < 4.78 is 46.7. The summed E-state index contributed by atoms with van der Waals surface area (Å²) in [5, 5.41) is 14.3. The third-order valence-electron chi connectivity index (χ3n) is 5.07. The molecule has 1 aliphatic carbocycles. The van der Waals surface area contributed by atoms with Crippen LogP contribution in [0.25, 0.3) is 0 Å². The molecular formula is C22H22F3N3O2. The van der Waals surface area contributed by atoms with E-state index in [9.17, 15) is 23.2 Å². The minimum atomic E-state index is -4.63. The third kappa shape index (κ3) is 5.30. The van der Waals surface area contributed by atoms with Gasteiger partial charge in [-0.05, 0) is 42.5 Å². The summed E-state index contributed by atoms with van der Waals surface area (Å²) in [6, 6.07) is 13.1. The molecule has 2 atom stereocenters. The van der Waals surface area contributed by atoms with Crippen LogP contribution in [0.5, 0.6) is 5.75 Å². The Balaban J connectivity index is 1.87. The van der Waals surface area contributed by atoms with Crippen LogP contribution >= 0.6 is 0 Å². The van der Waals surface area contributed by atoms with Crippen LogP contribution in [0.2, 0.25) is 0 Å². The second-order valence-electron chi connectivity index (χ2n) is 7.34. The Morgan fingerprint density at radius 2 is 1.80 bits per heavy atom. The lowest BCUT2D eigenvalue weighted by atomic mass is 10.0. The SMILES string of the molecule is COc1ccc([C@@H](N[C@@H](Cc2ccccc2)C(=O)NC2(C#N)CC2)C(F)(F)F)cc1. The lowest BCUT2D eigenvalue weighted by Crippen LogP contribution is -2.52. The number of ether oxygens (including phenoxy) is 1. The molecule has 2 N–H and O–H groups in total. The number of nitrogens with one attached hydrogen (secondary N) is 2. The zero-order valence-electron chi connectivity index (χ0n) is 16.4. The molecule has 0 spiro atoms. The predicted octanol–water partition coefficient (Wildman–Crippen LogP) is 3.67. The molecule has 8 heteroatoms. The van der Waals surface area contributed by atoms with Crippen molar-refractivity contribution < 1.29 is 22.7 Å². The number of nitriles is 1. The summed E-state index contributed by atoms with van der Waals surface area (Å²) in [5.74, 6) is -0.191. The smallest absolute Gasteiger partial charge is 0.407 e. The van der Waals surface area contributed by atoms with Crippen LogP contribution in [0.15, 0.2) is 54.6 Å². The number of benzene rings is 2. The molecule has 5 nitrogen and oxygen atoms in total. The number of alkyl halides is 3.